The van der Waals surface area contributed by atoms with E-state index in [0.717, 1.165) is 11.1 Å². The highest BCUT2D eigenvalue weighted by Crippen LogP contribution is 2.25. The van der Waals surface area contributed by atoms with Gasteiger partial charge in [0.15, 0.2) is 0 Å². The lowest BCUT2D eigenvalue weighted by molar-refractivity contribution is 0.601. The van der Waals surface area contributed by atoms with Crippen molar-refractivity contribution < 1.29 is 8.42 Å². The van der Waals surface area contributed by atoms with Gasteiger partial charge in [-0.05, 0) is 55.3 Å². The fourth-order valence-electron chi connectivity index (χ4n) is 1.78. The number of hydrogen-bond acceptors (Lipinski definition) is 3. The first-order chi connectivity index (χ1) is 9.29. The minimum Gasteiger partial charge on any atom is -0.398 e. The van der Waals surface area contributed by atoms with E-state index in [-0.39, 0.29) is 10.6 Å². The Labute approximate surface area is 123 Å². The molecule has 6 heteroatoms. The van der Waals surface area contributed by atoms with Gasteiger partial charge in [-0.3, -0.25) is 4.72 Å². The molecule has 0 aromatic heterocycles. The van der Waals surface area contributed by atoms with Crippen LogP contribution in [0, 0.1) is 13.8 Å². The maximum Gasteiger partial charge on any atom is 0.263 e. The molecule has 0 bridgehead atoms. The molecular formula is C14H15ClN2O2S. The van der Waals surface area contributed by atoms with E-state index < -0.39 is 10.0 Å². The molecule has 0 spiro atoms. The Morgan fingerprint density at radius 1 is 1.05 bits per heavy atom. The zero-order valence-corrected chi connectivity index (χ0v) is 12.7. The molecule has 2 aromatic rings. The Morgan fingerprint density at radius 3 is 2.35 bits per heavy atom. The van der Waals surface area contributed by atoms with E-state index in [1.807, 2.05) is 19.9 Å². The zero-order valence-electron chi connectivity index (χ0n) is 11.1. The van der Waals surface area contributed by atoms with Gasteiger partial charge in [0.25, 0.3) is 10.0 Å². The monoisotopic (exact) mass is 310 g/mol. The third-order valence-corrected chi connectivity index (χ3v) is 4.71. The quantitative estimate of drug-likeness (QED) is 0.854. The second-order valence-corrected chi connectivity index (χ2v) is 6.67. The molecule has 0 saturated heterocycles. The van der Waals surface area contributed by atoms with Crippen molar-refractivity contribution in [1.29, 1.82) is 0 Å². The molecule has 0 saturated carbocycles. The largest absolute Gasteiger partial charge is 0.398 e. The third kappa shape index (κ3) is 3.05. The van der Waals surface area contributed by atoms with Crippen LogP contribution in [0.5, 0.6) is 0 Å². The summed E-state index contributed by atoms with van der Waals surface area (Å²) in [7, 11) is -3.72. The predicted molar refractivity (Wildman–Crippen MR) is 82.6 cm³/mol. The number of nitrogen functional groups attached to an aromatic ring is 1. The van der Waals surface area contributed by atoms with Crippen LogP contribution in [0.2, 0.25) is 5.02 Å². The third-order valence-electron chi connectivity index (χ3n) is 3.02. The summed E-state index contributed by atoms with van der Waals surface area (Å²) in [5, 5.41) is 0.396. The van der Waals surface area contributed by atoms with Gasteiger partial charge >= 0.3 is 0 Å². The number of nitrogens with two attached hydrogens (primary N) is 1. The standard InChI is InChI=1S/C14H15ClN2O2S/c1-9-3-5-12(7-10(9)2)17-20(18,19)14-6-4-11(15)8-13(14)16/h3-8,17H,16H2,1-2H3. The Morgan fingerprint density at radius 2 is 1.75 bits per heavy atom. The number of nitrogens with one attached hydrogen (secondary N) is 1. The Balaban J connectivity index is 2.38. The van der Waals surface area contributed by atoms with Crippen LogP contribution in [0.3, 0.4) is 0 Å². The minimum atomic E-state index is -3.72. The number of hydrogen-bond donors (Lipinski definition) is 2. The van der Waals surface area contributed by atoms with Gasteiger partial charge in [0.05, 0.1) is 5.69 Å². The second-order valence-electron chi connectivity index (χ2n) is 4.59. The fourth-order valence-corrected chi connectivity index (χ4v) is 3.12. The van der Waals surface area contributed by atoms with Crippen molar-refractivity contribution in [2.45, 2.75) is 18.7 Å². The van der Waals surface area contributed by atoms with Crippen LogP contribution in [-0.4, -0.2) is 8.42 Å². The molecule has 106 valence electrons. The number of sulfonamides is 1. The number of benzene rings is 2. The van der Waals surface area contributed by atoms with E-state index in [0.29, 0.717) is 10.7 Å². The van der Waals surface area contributed by atoms with Crippen LogP contribution in [0.15, 0.2) is 41.3 Å². The summed E-state index contributed by atoms with van der Waals surface area (Å²) in [4.78, 5) is 0.0140. The topological polar surface area (TPSA) is 72.2 Å². The summed E-state index contributed by atoms with van der Waals surface area (Å²) >= 11 is 5.77. The van der Waals surface area contributed by atoms with Gasteiger partial charge in [-0.1, -0.05) is 17.7 Å². The zero-order chi connectivity index (χ0) is 14.9. The molecule has 0 heterocycles. The van der Waals surface area contributed by atoms with Crippen LogP contribution >= 0.6 is 11.6 Å². The molecule has 0 aliphatic rings. The van der Waals surface area contributed by atoms with E-state index >= 15 is 0 Å². The normalized spacial score (nSPS) is 11.3. The number of halogens is 1. The fraction of sp³-hybridized carbons (Fsp3) is 0.143. The first-order valence-electron chi connectivity index (χ1n) is 5.95. The SMILES string of the molecule is Cc1ccc(NS(=O)(=O)c2ccc(Cl)cc2N)cc1C. The van der Waals surface area contributed by atoms with Crippen molar-refractivity contribution in [3.8, 4) is 0 Å². The van der Waals surface area contributed by atoms with Crippen LogP contribution in [0.25, 0.3) is 0 Å². The number of anilines is 2. The van der Waals surface area contributed by atoms with Crippen LogP contribution in [0.1, 0.15) is 11.1 Å². The Hall–Kier alpha value is -1.72. The summed E-state index contributed by atoms with van der Waals surface area (Å²) in [5.41, 5.74) is 8.44. The summed E-state index contributed by atoms with van der Waals surface area (Å²) in [6.07, 6.45) is 0. The first-order valence-corrected chi connectivity index (χ1v) is 7.81. The molecule has 0 fully saturated rings. The van der Waals surface area contributed by atoms with Crippen LogP contribution in [-0.2, 0) is 10.0 Å². The lowest BCUT2D eigenvalue weighted by Crippen LogP contribution is -2.14. The van der Waals surface area contributed by atoms with Gasteiger partial charge < -0.3 is 5.73 Å². The summed E-state index contributed by atoms with van der Waals surface area (Å²) in [6, 6.07) is 9.65. The summed E-state index contributed by atoms with van der Waals surface area (Å²) in [6.45, 7) is 3.88. The van der Waals surface area contributed by atoms with Gasteiger partial charge in [0, 0.05) is 10.7 Å². The van der Waals surface area contributed by atoms with E-state index in [1.54, 1.807) is 12.1 Å². The molecule has 0 atom stereocenters. The van der Waals surface area contributed by atoms with Crippen molar-refractivity contribution in [3.63, 3.8) is 0 Å². The molecule has 3 N–H and O–H groups in total. The molecule has 0 aliphatic carbocycles. The first kappa shape index (κ1) is 14.7. The Bertz CT molecular complexity index is 758. The van der Waals surface area contributed by atoms with Gasteiger partial charge in [-0.15, -0.1) is 0 Å². The molecule has 2 aromatic carbocycles. The maximum absolute atomic E-state index is 12.3. The highest BCUT2D eigenvalue weighted by molar-refractivity contribution is 7.92. The molecule has 0 unspecified atom stereocenters. The van der Waals surface area contributed by atoms with E-state index in [4.69, 9.17) is 17.3 Å². The molecular weight excluding hydrogens is 296 g/mol. The average molecular weight is 311 g/mol. The molecule has 2 rings (SSSR count). The molecule has 4 nitrogen and oxygen atoms in total. The van der Waals surface area contributed by atoms with Crippen molar-refractivity contribution in [3.05, 3.63) is 52.5 Å². The molecule has 20 heavy (non-hydrogen) atoms. The highest BCUT2D eigenvalue weighted by atomic mass is 35.5. The predicted octanol–water partition coefficient (Wildman–Crippen LogP) is 3.34. The van der Waals surface area contributed by atoms with Gasteiger partial charge in [-0.2, -0.15) is 0 Å². The minimum absolute atomic E-state index is 0.0140. The number of rotatable bonds is 3. The summed E-state index contributed by atoms with van der Waals surface area (Å²) in [5.74, 6) is 0. The van der Waals surface area contributed by atoms with E-state index in [9.17, 15) is 8.42 Å². The smallest absolute Gasteiger partial charge is 0.263 e. The van der Waals surface area contributed by atoms with Crippen LogP contribution < -0.4 is 10.5 Å². The van der Waals surface area contributed by atoms with Crippen molar-refractivity contribution in [2.24, 2.45) is 0 Å². The average Bonchev–Trinajstić information content (AvgIpc) is 2.33. The highest BCUT2D eigenvalue weighted by Gasteiger charge is 2.17. The summed E-state index contributed by atoms with van der Waals surface area (Å²) < 4.78 is 27.1. The molecule has 0 aliphatic heterocycles. The van der Waals surface area contributed by atoms with Gasteiger partial charge in [-0.25, -0.2) is 8.42 Å². The molecule has 0 radical (unpaired) electrons. The second kappa shape index (κ2) is 5.34. The van der Waals surface area contributed by atoms with Crippen LogP contribution in [0.4, 0.5) is 11.4 Å². The Kier molecular flexibility index (Phi) is 3.92. The van der Waals surface area contributed by atoms with Crippen molar-refractivity contribution >= 4 is 33.0 Å². The lowest BCUT2D eigenvalue weighted by Gasteiger charge is -2.11. The van der Waals surface area contributed by atoms with Crippen molar-refractivity contribution in [1.82, 2.24) is 0 Å². The van der Waals surface area contributed by atoms with Crippen molar-refractivity contribution in [2.75, 3.05) is 10.5 Å². The maximum atomic E-state index is 12.3. The van der Waals surface area contributed by atoms with E-state index in [2.05, 4.69) is 4.72 Å². The number of aryl methyl sites for hydroxylation is 2. The van der Waals surface area contributed by atoms with Gasteiger partial charge in [0.2, 0.25) is 0 Å². The molecule has 0 amide bonds. The van der Waals surface area contributed by atoms with Gasteiger partial charge in [0.1, 0.15) is 4.90 Å². The lowest BCUT2D eigenvalue weighted by atomic mass is 10.1. The van der Waals surface area contributed by atoms with E-state index in [1.165, 1.54) is 18.2 Å².